The first-order chi connectivity index (χ1) is 10.1. The Kier molecular flexibility index (Phi) is 3.93. The van der Waals surface area contributed by atoms with E-state index in [2.05, 4.69) is 43.1 Å². The number of halogens is 2. The molecule has 21 heavy (non-hydrogen) atoms. The maximum atomic E-state index is 6.22. The first-order valence-electron chi connectivity index (χ1n) is 5.89. The highest BCUT2D eigenvalue weighted by atomic mass is 127. The summed E-state index contributed by atoms with van der Waals surface area (Å²) in [4.78, 5) is 4.09. The van der Waals surface area contributed by atoms with Gasteiger partial charge in [-0.3, -0.25) is 4.98 Å². The van der Waals surface area contributed by atoms with Gasteiger partial charge in [-0.1, -0.05) is 16.7 Å². The molecule has 8 heteroatoms. The van der Waals surface area contributed by atoms with Gasteiger partial charge < -0.3 is 15.5 Å². The summed E-state index contributed by atoms with van der Waals surface area (Å²) < 4.78 is 6.31. The van der Waals surface area contributed by atoms with Crippen molar-refractivity contribution in [3.63, 3.8) is 0 Å². The van der Waals surface area contributed by atoms with Crippen molar-refractivity contribution in [2.75, 3.05) is 11.1 Å². The number of nitrogens with zero attached hydrogens (tertiary/aromatic N) is 3. The number of hydrogen-bond acceptors (Lipinski definition) is 6. The molecule has 106 valence electrons. The molecule has 0 aliphatic heterocycles. The van der Waals surface area contributed by atoms with Crippen LogP contribution in [0.5, 0.6) is 0 Å². The van der Waals surface area contributed by atoms with Crippen molar-refractivity contribution in [2.45, 2.75) is 0 Å². The Morgan fingerprint density at radius 2 is 2.05 bits per heavy atom. The summed E-state index contributed by atoms with van der Waals surface area (Å²) in [5, 5.41) is 11.4. The molecule has 0 atom stereocenters. The normalized spacial score (nSPS) is 10.6. The summed E-state index contributed by atoms with van der Waals surface area (Å²) in [5.74, 6) is 0.319. The zero-order valence-electron chi connectivity index (χ0n) is 10.5. The molecule has 0 fully saturated rings. The number of benzene rings is 1. The van der Waals surface area contributed by atoms with Gasteiger partial charge in [-0.25, -0.2) is 0 Å². The van der Waals surface area contributed by atoms with E-state index in [9.17, 15) is 0 Å². The van der Waals surface area contributed by atoms with E-state index < -0.39 is 0 Å². The smallest absolute Gasteiger partial charge is 0.313 e. The van der Waals surface area contributed by atoms with Crippen LogP contribution in [0.15, 0.2) is 41.1 Å². The van der Waals surface area contributed by atoms with Gasteiger partial charge in [0.1, 0.15) is 0 Å². The average molecular weight is 414 g/mol. The fourth-order valence-corrected chi connectivity index (χ4v) is 2.66. The number of nitrogens with two attached hydrogens (primary N) is 1. The molecular formula is C13H9ClIN5O. The van der Waals surface area contributed by atoms with Gasteiger partial charge in [-0.2, -0.15) is 0 Å². The molecule has 2 aromatic heterocycles. The van der Waals surface area contributed by atoms with Gasteiger partial charge in [0.05, 0.1) is 28.2 Å². The first-order valence-corrected chi connectivity index (χ1v) is 7.34. The van der Waals surface area contributed by atoms with Crippen molar-refractivity contribution in [3.8, 4) is 11.5 Å². The summed E-state index contributed by atoms with van der Waals surface area (Å²) in [6.45, 7) is 0. The molecule has 0 unspecified atom stereocenters. The lowest BCUT2D eigenvalue weighted by Gasteiger charge is -2.10. The number of nitrogens with one attached hydrogen (secondary N) is 1. The molecule has 0 saturated heterocycles. The van der Waals surface area contributed by atoms with E-state index in [4.69, 9.17) is 21.8 Å². The zero-order valence-corrected chi connectivity index (χ0v) is 13.5. The maximum absolute atomic E-state index is 6.22. The van der Waals surface area contributed by atoms with Crippen molar-refractivity contribution in [2.24, 2.45) is 0 Å². The summed E-state index contributed by atoms with van der Waals surface area (Å²) >= 11 is 8.42. The second-order valence-electron chi connectivity index (χ2n) is 4.12. The summed E-state index contributed by atoms with van der Waals surface area (Å²) in [6, 6.07) is 7.49. The van der Waals surface area contributed by atoms with Gasteiger partial charge in [0.25, 0.3) is 5.89 Å². The van der Waals surface area contributed by atoms with E-state index in [1.54, 1.807) is 18.5 Å². The molecule has 6 nitrogen and oxygen atoms in total. The Bertz CT molecular complexity index is 792. The van der Waals surface area contributed by atoms with E-state index in [1.165, 1.54) is 0 Å². The van der Waals surface area contributed by atoms with Gasteiger partial charge in [-0.05, 0) is 46.9 Å². The van der Waals surface area contributed by atoms with E-state index in [0.29, 0.717) is 22.2 Å². The highest BCUT2D eigenvalue weighted by Gasteiger charge is 2.13. The molecule has 3 aromatic rings. The van der Waals surface area contributed by atoms with Crippen LogP contribution in [0.25, 0.3) is 11.5 Å². The molecule has 3 rings (SSSR count). The topological polar surface area (TPSA) is 89.9 Å². The Balaban J connectivity index is 1.99. The van der Waals surface area contributed by atoms with Gasteiger partial charge in [-0.15, -0.1) is 5.10 Å². The molecule has 0 saturated carbocycles. The largest absolute Gasteiger partial charge is 0.403 e. The van der Waals surface area contributed by atoms with Crippen LogP contribution in [0.4, 0.5) is 17.4 Å². The lowest BCUT2D eigenvalue weighted by atomic mass is 10.2. The van der Waals surface area contributed by atoms with E-state index in [1.807, 2.05) is 18.2 Å². The molecular weight excluding hydrogens is 405 g/mol. The van der Waals surface area contributed by atoms with Gasteiger partial charge in [0, 0.05) is 9.77 Å². The molecule has 1 aromatic carbocycles. The lowest BCUT2D eigenvalue weighted by Crippen LogP contribution is -1.95. The standard InChI is InChI=1S/C13H9ClIN5O/c14-9-5-7(15)1-2-10(9)18-11-6-17-4-3-8(11)12-19-20-13(16)21-12/h1-6,18H,(H2,16,20). The second kappa shape index (κ2) is 5.86. The molecule has 0 amide bonds. The van der Waals surface area contributed by atoms with Crippen molar-refractivity contribution >= 4 is 51.6 Å². The third-order valence-corrected chi connectivity index (χ3v) is 3.68. The summed E-state index contributed by atoms with van der Waals surface area (Å²) in [6.07, 6.45) is 3.29. The molecule has 3 N–H and O–H groups in total. The highest BCUT2D eigenvalue weighted by molar-refractivity contribution is 14.1. The van der Waals surface area contributed by atoms with Crippen LogP contribution in [0.2, 0.25) is 5.02 Å². The number of anilines is 3. The van der Waals surface area contributed by atoms with Gasteiger partial charge >= 0.3 is 6.01 Å². The van der Waals surface area contributed by atoms with Crippen LogP contribution in [0.3, 0.4) is 0 Å². The Morgan fingerprint density at radius 3 is 2.76 bits per heavy atom. The maximum Gasteiger partial charge on any atom is 0.313 e. The third kappa shape index (κ3) is 3.08. The Morgan fingerprint density at radius 1 is 1.19 bits per heavy atom. The fourth-order valence-electron chi connectivity index (χ4n) is 1.76. The second-order valence-corrected chi connectivity index (χ2v) is 5.77. The molecule has 0 radical (unpaired) electrons. The summed E-state index contributed by atoms with van der Waals surface area (Å²) in [5.41, 5.74) is 7.62. The lowest BCUT2D eigenvalue weighted by molar-refractivity contribution is 0.590. The zero-order chi connectivity index (χ0) is 14.8. The fraction of sp³-hybridized carbons (Fsp3) is 0. The van der Waals surface area contributed by atoms with E-state index >= 15 is 0 Å². The van der Waals surface area contributed by atoms with E-state index in [0.717, 1.165) is 9.26 Å². The SMILES string of the molecule is Nc1nnc(-c2ccncc2Nc2ccc(I)cc2Cl)o1. The van der Waals surface area contributed by atoms with Crippen molar-refractivity contribution in [1.29, 1.82) is 0 Å². The van der Waals surface area contributed by atoms with Crippen LogP contribution >= 0.6 is 34.2 Å². The number of aromatic nitrogens is 3. The molecule has 0 spiro atoms. The third-order valence-electron chi connectivity index (χ3n) is 2.69. The van der Waals surface area contributed by atoms with Crippen LogP contribution in [-0.4, -0.2) is 15.2 Å². The van der Waals surface area contributed by atoms with E-state index in [-0.39, 0.29) is 6.01 Å². The monoisotopic (exact) mass is 413 g/mol. The average Bonchev–Trinajstić information content (AvgIpc) is 2.89. The Hall–Kier alpha value is -1.87. The van der Waals surface area contributed by atoms with Crippen LogP contribution < -0.4 is 11.1 Å². The molecule has 0 bridgehead atoms. The quantitative estimate of drug-likeness (QED) is 0.636. The van der Waals surface area contributed by atoms with Crippen molar-refractivity contribution < 1.29 is 4.42 Å². The molecule has 0 aliphatic carbocycles. The van der Waals surface area contributed by atoms with Crippen LogP contribution in [0, 0.1) is 3.57 Å². The number of nitrogen functional groups attached to an aromatic ring is 1. The van der Waals surface area contributed by atoms with Crippen LogP contribution in [0.1, 0.15) is 0 Å². The number of hydrogen-bond donors (Lipinski definition) is 2. The molecule has 0 aliphatic rings. The van der Waals surface area contributed by atoms with Gasteiger partial charge in [0.2, 0.25) is 0 Å². The van der Waals surface area contributed by atoms with Crippen LogP contribution in [-0.2, 0) is 0 Å². The molecule has 2 heterocycles. The Labute approximate surface area is 138 Å². The highest BCUT2D eigenvalue weighted by Crippen LogP contribution is 2.32. The predicted octanol–water partition coefficient (Wildman–Crippen LogP) is 3.72. The first kappa shape index (κ1) is 14.1. The predicted molar refractivity (Wildman–Crippen MR) is 89.4 cm³/mol. The van der Waals surface area contributed by atoms with Crippen molar-refractivity contribution in [3.05, 3.63) is 45.3 Å². The number of pyridine rings is 1. The van der Waals surface area contributed by atoms with Gasteiger partial charge in [0.15, 0.2) is 0 Å². The van der Waals surface area contributed by atoms with Crippen molar-refractivity contribution in [1.82, 2.24) is 15.2 Å². The number of rotatable bonds is 3. The minimum atomic E-state index is 0.0139. The minimum absolute atomic E-state index is 0.0139. The summed E-state index contributed by atoms with van der Waals surface area (Å²) in [7, 11) is 0. The minimum Gasteiger partial charge on any atom is -0.403 e.